The molecule has 2 heteroatoms. The van der Waals surface area contributed by atoms with Crippen LogP contribution in [0, 0.1) is 17.8 Å². The van der Waals surface area contributed by atoms with Crippen LogP contribution in [0.2, 0.25) is 0 Å². The fourth-order valence-corrected chi connectivity index (χ4v) is 0.844. The summed E-state index contributed by atoms with van der Waals surface area (Å²) in [7, 11) is 0. The van der Waals surface area contributed by atoms with E-state index < -0.39 is 5.97 Å². The Morgan fingerprint density at radius 1 is 1.64 bits per heavy atom. The highest BCUT2D eigenvalue weighted by Gasteiger charge is 2.05. The highest BCUT2D eigenvalue weighted by atomic mass is 16.4. The molecule has 0 aliphatic rings. The Morgan fingerprint density at radius 2 is 2.27 bits per heavy atom. The molecule has 0 radical (unpaired) electrons. The third-order valence-electron chi connectivity index (χ3n) is 1.46. The summed E-state index contributed by atoms with van der Waals surface area (Å²) >= 11 is 0. The molecule has 0 fully saturated rings. The van der Waals surface area contributed by atoms with Gasteiger partial charge in [-0.3, -0.25) is 4.79 Å². The van der Waals surface area contributed by atoms with E-state index in [1.165, 1.54) is 0 Å². The lowest BCUT2D eigenvalue weighted by molar-refractivity contribution is -0.138. The molecule has 0 amide bonds. The van der Waals surface area contributed by atoms with Gasteiger partial charge in [-0.2, -0.15) is 0 Å². The zero-order valence-electron chi connectivity index (χ0n) is 7.05. The summed E-state index contributed by atoms with van der Waals surface area (Å²) in [5.41, 5.74) is 0. The molecule has 1 unspecified atom stereocenters. The normalized spacial score (nSPS) is 11.5. The second-order valence-corrected chi connectivity index (χ2v) is 2.67. The molecule has 0 spiro atoms. The van der Waals surface area contributed by atoms with Crippen molar-refractivity contribution in [2.24, 2.45) is 5.92 Å². The van der Waals surface area contributed by atoms with Crippen molar-refractivity contribution in [3.05, 3.63) is 0 Å². The Morgan fingerprint density at radius 3 is 2.73 bits per heavy atom. The second-order valence-electron chi connectivity index (χ2n) is 2.67. The molecule has 1 N–H and O–H groups in total. The van der Waals surface area contributed by atoms with Crippen LogP contribution in [0.15, 0.2) is 0 Å². The van der Waals surface area contributed by atoms with E-state index in [1.54, 1.807) is 6.92 Å². The van der Waals surface area contributed by atoms with Gasteiger partial charge in [-0.1, -0.05) is 6.92 Å². The molecule has 62 valence electrons. The molecule has 0 rings (SSSR count). The number of carbonyl (C=O) groups is 1. The van der Waals surface area contributed by atoms with Crippen LogP contribution >= 0.6 is 0 Å². The lowest BCUT2D eigenvalue weighted by Crippen LogP contribution is -2.03. The van der Waals surface area contributed by atoms with E-state index in [4.69, 9.17) is 5.11 Å². The van der Waals surface area contributed by atoms with E-state index in [-0.39, 0.29) is 12.3 Å². The summed E-state index contributed by atoms with van der Waals surface area (Å²) in [6.45, 7) is 3.73. The summed E-state index contributed by atoms with van der Waals surface area (Å²) in [5.74, 6) is 5.21. The molecule has 0 saturated carbocycles. The van der Waals surface area contributed by atoms with Crippen LogP contribution in [0.25, 0.3) is 0 Å². The van der Waals surface area contributed by atoms with E-state index in [2.05, 4.69) is 11.8 Å². The van der Waals surface area contributed by atoms with Crippen LogP contribution < -0.4 is 0 Å². The quantitative estimate of drug-likeness (QED) is 0.628. The third kappa shape index (κ3) is 6.92. The Labute approximate surface area is 67.6 Å². The van der Waals surface area contributed by atoms with Crippen molar-refractivity contribution in [3.8, 4) is 11.8 Å². The van der Waals surface area contributed by atoms with Crippen LogP contribution in [0.5, 0.6) is 0 Å². The summed E-state index contributed by atoms with van der Waals surface area (Å²) in [4.78, 5) is 10.2. The fourth-order valence-electron chi connectivity index (χ4n) is 0.844. The van der Waals surface area contributed by atoms with E-state index in [9.17, 15) is 4.79 Å². The molecule has 0 aromatic carbocycles. The average Bonchev–Trinajstić information content (AvgIpc) is 1.86. The molecule has 0 bridgehead atoms. The summed E-state index contributed by atoms with van der Waals surface area (Å²) in [6, 6.07) is 0. The first kappa shape index (κ1) is 10.0. The fraction of sp³-hybridized carbons (Fsp3) is 0.667. The van der Waals surface area contributed by atoms with Gasteiger partial charge in [0.1, 0.15) is 0 Å². The highest BCUT2D eigenvalue weighted by molar-refractivity contribution is 5.66. The van der Waals surface area contributed by atoms with Crippen LogP contribution in [0.3, 0.4) is 0 Å². The predicted molar refractivity (Wildman–Crippen MR) is 44.1 cm³/mol. The largest absolute Gasteiger partial charge is 0.481 e. The SMILES string of the molecule is CC#CCCC(C)CC(=O)O. The van der Waals surface area contributed by atoms with Crippen molar-refractivity contribution < 1.29 is 9.90 Å². The Balaban J connectivity index is 3.41. The molecule has 0 aromatic heterocycles. The minimum absolute atomic E-state index is 0.244. The first-order chi connectivity index (χ1) is 5.16. The molecule has 0 aromatic rings. The number of carboxylic acids is 1. The molecule has 0 saturated heterocycles. The van der Waals surface area contributed by atoms with Crippen LogP contribution in [-0.4, -0.2) is 11.1 Å². The van der Waals surface area contributed by atoms with Crippen molar-refractivity contribution in [1.82, 2.24) is 0 Å². The van der Waals surface area contributed by atoms with Crippen molar-refractivity contribution >= 4 is 5.97 Å². The first-order valence-corrected chi connectivity index (χ1v) is 3.78. The smallest absolute Gasteiger partial charge is 0.303 e. The van der Waals surface area contributed by atoms with Gasteiger partial charge in [-0.05, 0) is 19.3 Å². The molecular weight excluding hydrogens is 140 g/mol. The maximum Gasteiger partial charge on any atom is 0.303 e. The second kappa shape index (κ2) is 5.79. The Hall–Kier alpha value is -0.970. The maximum atomic E-state index is 10.2. The minimum Gasteiger partial charge on any atom is -0.481 e. The number of carboxylic acid groups (broad SMARTS) is 1. The van der Waals surface area contributed by atoms with Gasteiger partial charge in [0.25, 0.3) is 0 Å². The zero-order chi connectivity index (χ0) is 8.69. The van der Waals surface area contributed by atoms with Gasteiger partial charge in [0.15, 0.2) is 0 Å². The van der Waals surface area contributed by atoms with Gasteiger partial charge in [-0.25, -0.2) is 0 Å². The Bertz CT molecular complexity index is 174. The van der Waals surface area contributed by atoms with Crippen LogP contribution in [-0.2, 0) is 4.79 Å². The summed E-state index contributed by atoms with van der Waals surface area (Å²) < 4.78 is 0. The molecule has 0 heterocycles. The van der Waals surface area contributed by atoms with Gasteiger partial charge >= 0.3 is 5.97 Å². The van der Waals surface area contributed by atoms with Crippen molar-refractivity contribution in [2.75, 3.05) is 0 Å². The highest BCUT2D eigenvalue weighted by Crippen LogP contribution is 2.08. The van der Waals surface area contributed by atoms with Gasteiger partial charge in [0.2, 0.25) is 0 Å². The monoisotopic (exact) mass is 154 g/mol. The molecule has 2 nitrogen and oxygen atoms in total. The summed E-state index contributed by atoms with van der Waals surface area (Å²) in [6.07, 6.45) is 1.95. The number of rotatable bonds is 4. The average molecular weight is 154 g/mol. The third-order valence-corrected chi connectivity index (χ3v) is 1.46. The van der Waals surface area contributed by atoms with Gasteiger partial charge < -0.3 is 5.11 Å². The number of hydrogen-bond donors (Lipinski definition) is 1. The minimum atomic E-state index is -0.720. The van der Waals surface area contributed by atoms with E-state index >= 15 is 0 Å². The van der Waals surface area contributed by atoms with Crippen LogP contribution in [0.1, 0.15) is 33.1 Å². The predicted octanol–water partition coefficient (Wildman–Crippen LogP) is 1.90. The van der Waals surface area contributed by atoms with E-state index in [1.807, 2.05) is 6.92 Å². The van der Waals surface area contributed by atoms with Gasteiger partial charge in [0, 0.05) is 12.8 Å². The van der Waals surface area contributed by atoms with Crippen molar-refractivity contribution in [2.45, 2.75) is 33.1 Å². The molecule has 11 heavy (non-hydrogen) atoms. The zero-order valence-corrected chi connectivity index (χ0v) is 7.05. The standard InChI is InChI=1S/C9H14O2/c1-3-4-5-6-8(2)7-9(10)11/h8H,5-7H2,1-2H3,(H,10,11). The summed E-state index contributed by atoms with van der Waals surface area (Å²) in [5, 5.41) is 8.40. The van der Waals surface area contributed by atoms with Crippen LogP contribution in [0.4, 0.5) is 0 Å². The molecule has 1 atom stereocenters. The van der Waals surface area contributed by atoms with Gasteiger partial charge in [0.05, 0.1) is 0 Å². The number of aliphatic carboxylic acids is 1. The van der Waals surface area contributed by atoms with Gasteiger partial charge in [-0.15, -0.1) is 11.8 Å². The van der Waals surface area contributed by atoms with Crippen molar-refractivity contribution in [1.29, 1.82) is 0 Å². The first-order valence-electron chi connectivity index (χ1n) is 3.78. The molecular formula is C9H14O2. The lowest BCUT2D eigenvalue weighted by atomic mass is 10.0. The van der Waals surface area contributed by atoms with E-state index in [0.717, 1.165) is 12.8 Å². The molecule has 0 aliphatic heterocycles. The lowest BCUT2D eigenvalue weighted by Gasteiger charge is -2.03. The molecule has 0 aliphatic carbocycles. The van der Waals surface area contributed by atoms with E-state index in [0.29, 0.717) is 0 Å². The maximum absolute atomic E-state index is 10.2. The topological polar surface area (TPSA) is 37.3 Å². The number of hydrogen-bond acceptors (Lipinski definition) is 1. The van der Waals surface area contributed by atoms with Crippen molar-refractivity contribution in [3.63, 3.8) is 0 Å². The Kier molecular flexibility index (Phi) is 5.28.